The molecule has 0 aliphatic carbocycles. The zero-order valence-corrected chi connectivity index (χ0v) is 14.4. The second-order valence-corrected chi connectivity index (χ2v) is 6.18. The minimum Gasteiger partial charge on any atom is -0.476 e. The first kappa shape index (κ1) is 17.7. The fourth-order valence-electron chi connectivity index (χ4n) is 1.61. The van der Waals surface area contributed by atoms with Crippen molar-refractivity contribution in [2.75, 3.05) is 32.6 Å². The topological polar surface area (TPSA) is 50.3 Å². The first-order valence-electron chi connectivity index (χ1n) is 7.81. The zero-order chi connectivity index (χ0) is 15.9. The van der Waals surface area contributed by atoms with Gasteiger partial charge in [0.25, 0.3) is 0 Å². The summed E-state index contributed by atoms with van der Waals surface area (Å²) in [5.74, 6) is 2.35. The Bertz CT molecular complexity index is 432. The van der Waals surface area contributed by atoms with Crippen molar-refractivity contribution in [3.63, 3.8) is 0 Å². The van der Waals surface area contributed by atoms with Gasteiger partial charge in [0.1, 0.15) is 18.2 Å². The molecule has 1 heterocycles. The van der Waals surface area contributed by atoms with Gasteiger partial charge in [0, 0.05) is 24.6 Å². The third-order valence-electron chi connectivity index (χ3n) is 3.56. The standard InChI is InChI=1S/C16H30N4O/c1-7-9-13-18-14(17-10-8-2)11-15(19-13)21-12-16(3,4)20(5)6/h11H,7-10,12H2,1-6H3,(H,17,18,19). The van der Waals surface area contributed by atoms with Gasteiger partial charge in [-0.1, -0.05) is 13.8 Å². The molecule has 21 heavy (non-hydrogen) atoms. The zero-order valence-electron chi connectivity index (χ0n) is 14.4. The predicted octanol–water partition coefficient (Wildman–Crippen LogP) is 2.97. The van der Waals surface area contributed by atoms with Crippen LogP contribution in [0.5, 0.6) is 5.88 Å². The maximum Gasteiger partial charge on any atom is 0.218 e. The minimum atomic E-state index is -0.0348. The number of rotatable bonds is 9. The van der Waals surface area contributed by atoms with Crippen LogP contribution in [0.4, 0.5) is 5.82 Å². The molecule has 1 aromatic heterocycles. The largest absolute Gasteiger partial charge is 0.476 e. The molecule has 1 rings (SSSR count). The van der Waals surface area contributed by atoms with E-state index in [2.05, 4.69) is 62.0 Å². The van der Waals surface area contributed by atoms with Crippen LogP contribution in [0.15, 0.2) is 6.07 Å². The van der Waals surface area contributed by atoms with E-state index in [4.69, 9.17) is 4.74 Å². The van der Waals surface area contributed by atoms with E-state index in [1.54, 1.807) is 0 Å². The molecule has 0 aromatic carbocycles. The maximum atomic E-state index is 5.91. The molecule has 1 aromatic rings. The average molecular weight is 294 g/mol. The highest BCUT2D eigenvalue weighted by Crippen LogP contribution is 2.18. The van der Waals surface area contributed by atoms with Gasteiger partial charge in [-0.3, -0.25) is 0 Å². The van der Waals surface area contributed by atoms with Crippen LogP contribution in [-0.2, 0) is 6.42 Å². The van der Waals surface area contributed by atoms with Gasteiger partial charge in [-0.2, -0.15) is 4.98 Å². The number of likely N-dealkylation sites (N-methyl/N-ethyl adjacent to an activating group) is 1. The Morgan fingerprint density at radius 1 is 1.19 bits per heavy atom. The number of ether oxygens (including phenoxy) is 1. The number of anilines is 1. The molecule has 0 aliphatic rings. The van der Waals surface area contributed by atoms with Crippen LogP contribution >= 0.6 is 0 Å². The minimum absolute atomic E-state index is 0.0348. The molecule has 1 N–H and O–H groups in total. The Hall–Kier alpha value is -1.36. The highest BCUT2D eigenvalue weighted by atomic mass is 16.5. The average Bonchev–Trinajstić information content (AvgIpc) is 2.43. The second kappa shape index (κ2) is 8.17. The van der Waals surface area contributed by atoms with E-state index < -0.39 is 0 Å². The Morgan fingerprint density at radius 2 is 1.90 bits per heavy atom. The molecule has 0 fully saturated rings. The van der Waals surface area contributed by atoms with Crippen LogP contribution in [0.3, 0.4) is 0 Å². The normalized spacial score (nSPS) is 11.8. The first-order chi connectivity index (χ1) is 9.89. The third kappa shape index (κ3) is 5.87. The molecule has 120 valence electrons. The van der Waals surface area contributed by atoms with Gasteiger partial charge in [-0.05, 0) is 40.8 Å². The van der Waals surface area contributed by atoms with Crippen LogP contribution in [0.1, 0.15) is 46.4 Å². The van der Waals surface area contributed by atoms with Crippen molar-refractivity contribution >= 4 is 5.82 Å². The summed E-state index contributed by atoms with van der Waals surface area (Å²) in [6.07, 6.45) is 2.96. The van der Waals surface area contributed by atoms with Crippen molar-refractivity contribution in [1.29, 1.82) is 0 Å². The highest BCUT2D eigenvalue weighted by Gasteiger charge is 2.21. The summed E-state index contributed by atoms with van der Waals surface area (Å²) in [7, 11) is 4.11. The molecule has 0 unspecified atom stereocenters. The van der Waals surface area contributed by atoms with Crippen LogP contribution in [-0.4, -0.2) is 47.7 Å². The number of hydrogen-bond acceptors (Lipinski definition) is 5. The van der Waals surface area contributed by atoms with Crippen LogP contribution in [0, 0.1) is 0 Å². The van der Waals surface area contributed by atoms with Gasteiger partial charge in [0.05, 0.1) is 0 Å². The number of nitrogens with zero attached hydrogens (tertiary/aromatic N) is 3. The van der Waals surface area contributed by atoms with E-state index in [0.717, 1.165) is 37.4 Å². The predicted molar refractivity (Wildman–Crippen MR) is 88.1 cm³/mol. The van der Waals surface area contributed by atoms with Gasteiger partial charge in [0.15, 0.2) is 0 Å². The monoisotopic (exact) mass is 294 g/mol. The lowest BCUT2D eigenvalue weighted by Gasteiger charge is -2.31. The molecule has 0 bridgehead atoms. The van der Waals surface area contributed by atoms with Crippen molar-refractivity contribution in [3.8, 4) is 5.88 Å². The Kier molecular flexibility index (Phi) is 6.89. The fraction of sp³-hybridized carbons (Fsp3) is 0.750. The summed E-state index contributed by atoms with van der Waals surface area (Å²) in [6, 6.07) is 1.89. The summed E-state index contributed by atoms with van der Waals surface area (Å²) in [6.45, 7) is 10.1. The van der Waals surface area contributed by atoms with Gasteiger partial charge in [0.2, 0.25) is 5.88 Å². The molecule has 0 radical (unpaired) electrons. The molecule has 0 spiro atoms. The van der Waals surface area contributed by atoms with Crippen molar-refractivity contribution in [1.82, 2.24) is 14.9 Å². The van der Waals surface area contributed by atoms with E-state index in [-0.39, 0.29) is 5.54 Å². The Balaban J connectivity index is 2.82. The van der Waals surface area contributed by atoms with Crippen LogP contribution in [0.25, 0.3) is 0 Å². The van der Waals surface area contributed by atoms with Gasteiger partial charge >= 0.3 is 0 Å². The summed E-state index contributed by atoms with van der Waals surface area (Å²) >= 11 is 0. The van der Waals surface area contributed by atoms with E-state index in [1.807, 2.05) is 6.07 Å². The van der Waals surface area contributed by atoms with E-state index >= 15 is 0 Å². The SMILES string of the molecule is CCCNc1cc(OCC(C)(C)N(C)C)nc(CCC)n1. The molecule has 0 saturated heterocycles. The van der Waals surface area contributed by atoms with Crippen LogP contribution in [0.2, 0.25) is 0 Å². The lowest BCUT2D eigenvalue weighted by Crippen LogP contribution is -2.43. The molecular formula is C16H30N4O. The van der Waals surface area contributed by atoms with Crippen molar-refractivity contribution in [3.05, 3.63) is 11.9 Å². The molecule has 0 atom stereocenters. The summed E-state index contributed by atoms with van der Waals surface area (Å²) < 4.78 is 5.91. The molecule has 0 saturated carbocycles. The Morgan fingerprint density at radius 3 is 2.48 bits per heavy atom. The number of aryl methyl sites for hydroxylation is 1. The smallest absolute Gasteiger partial charge is 0.218 e. The van der Waals surface area contributed by atoms with E-state index in [9.17, 15) is 0 Å². The molecule has 0 aliphatic heterocycles. The lowest BCUT2D eigenvalue weighted by atomic mass is 10.1. The Labute approximate surface area is 129 Å². The van der Waals surface area contributed by atoms with E-state index in [1.165, 1.54) is 0 Å². The van der Waals surface area contributed by atoms with Crippen LogP contribution < -0.4 is 10.1 Å². The van der Waals surface area contributed by atoms with Crippen molar-refractivity contribution in [2.45, 2.75) is 52.5 Å². The molecule has 5 nitrogen and oxygen atoms in total. The highest BCUT2D eigenvalue weighted by molar-refractivity contribution is 5.38. The van der Waals surface area contributed by atoms with Crippen molar-refractivity contribution in [2.24, 2.45) is 0 Å². The fourth-order valence-corrected chi connectivity index (χ4v) is 1.61. The molecular weight excluding hydrogens is 264 g/mol. The third-order valence-corrected chi connectivity index (χ3v) is 3.56. The van der Waals surface area contributed by atoms with E-state index in [0.29, 0.717) is 12.5 Å². The second-order valence-electron chi connectivity index (χ2n) is 6.18. The molecule has 5 heteroatoms. The summed E-state index contributed by atoms with van der Waals surface area (Å²) in [4.78, 5) is 11.2. The summed E-state index contributed by atoms with van der Waals surface area (Å²) in [5.41, 5.74) is -0.0348. The quantitative estimate of drug-likeness (QED) is 0.759. The summed E-state index contributed by atoms with van der Waals surface area (Å²) in [5, 5.41) is 3.31. The first-order valence-corrected chi connectivity index (χ1v) is 7.81. The van der Waals surface area contributed by atoms with Gasteiger partial charge < -0.3 is 15.0 Å². The lowest BCUT2D eigenvalue weighted by molar-refractivity contribution is 0.111. The maximum absolute atomic E-state index is 5.91. The van der Waals surface area contributed by atoms with Crippen molar-refractivity contribution < 1.29 is 4.74 Å². The number of aromatic nitrogens is 2. The number of nitrogens with one attached hydrogen (secondary N) is 1. The van der Waals surface area contributed by atoms with Gasteiger partial charge in [-0.15, -0.1) is 0 Å². The molecule has 0 amide bonds. The number of hydrogen-bond donors (Lipinski definition) is 1. The van der Waals surface area contributed by atoms with Gasteiger partial charge in [-0.25, -0.2) is 4.98 Å².